The minimum Gasteiger partial charge on any atom is -0.399 e. The first-order valence-corrected chi connectivity index (χ1v) is 6.96. The molecule has 0 saturated heterocycles. The summed E-state index contributed by atoms with van der Waals surface area (Å²) in [6.07, 6.45) is 0. The number of aromatic nitrogens is 1. The van der Waals surface area contributed by atoms with E-state index >= 15 is 0 Å². The number of azo groups is 1. The molecule has 0 amide bonds. The van der Waals surface area contributed by atoms with Crippen LogP contribution in [0.25, 0.3) is 10.2 Å². The van der Waals surface area contributed by atoms with Crippen LogP contribution in [0.1, 0.15) is 0 Å². The third-order valence-corrected chi connectivity index (χ3v) is 3.77. The summed E-state index contributed by atoms with van der Waals surface area (Å²) in [5.74, 6) is 0. The molecular formula is C13H10N6O2S. The van der Waals surface area contributed by atoms with Gasteiger partial charge < -0.3 is 11.5 Å². The Labute approximate surface area is 128 Å². The lowest BCUT2D eigenvalue weighted by atomic mass is 10.2. The van der Waals surface area contributed by atoms with Gasteiger partial charge in [-0.2, -0.15) is 0 Å². The number of non-ortho nitro benzene ring substituents is 1. The van der Waals surface area contributed by atoms with Crippen LogP contribution in [-0.4, -0.2) is 9.91 Å². The summed E-state index contributed by atoms with van der Waals surface area (Å²) < 4.78 is 0.674. The monoisotopic (exact) mass is 314 g/mol. The lowest BCUT2D eigenvalue weighted by Gasteiger charge is -1.98. The third-order valence-electron chi connectivity index (χ3n) is 2.87. The molecule has 0 aliphatic rings. The number of benzene rings is 2. The van der Waals surface area contributed by atoms with Crippen LogP contribution in [-0.2, 0) is 0 Å². The Bertz CT molecular complexity index is 905. The summed E-state index contributed by atoms with van der Waals surface area (Å²) in [6.45, 7) is 0. The molecule has 9 heteroatoms. The van der Waals surface area contributed by atoms with E-state index in [0.29, 0.717) is 32.4 Å². The van der Waals surface area contributed by atoms with Gasteiger partial charge in [-0.05, 0) is 24.3 Å². The molecule has 22 heavy (non-hydrogen) atoms. The van der Waals surface area contributed by atoms with Crippen LogP contribution in [0.15, 0.2) is 46.6 Å². The average molecular weight is 314 g/mol. The van der Waals surface area contributed by atoms with Crippen LogP contribution in [0.2, 0.25) is 0 Å². The number of nitrogens with zero attached hydrogens (tertiary/aromatic N) is 4. The fraction of sp³-hybridized carbons (Fsp3) is 0. The predicted molar refractivity (Wildman–Crippen MR) is 85.7 cm³/mol. The maximum atomic E-state index is 10.8. The first-order chi connectivity index (χ1) is 10.5. The lowest BCUT2D eigenvalue weighted by molar-refractivity contribution is -0.384. The van der Waals surface area contributed by atoms with Gasteiger partial charge in [0.1, 0.15) is 5.69 Å². The van der Waals surface area contributed by atoms with Gasteiger partial charge in [0, 0.05) is 17.8 Å². The van der Waals surface area contributed by atoms with E-state index in [1.807, 2.05) is 0 Å². The van der Waals surface area contributed by atoms with E-state index in [1.54, 1.807) is 24.3 Å². The molecule has 2 aromatic carbocycles. The molecule has 0 atom stereocenters. The van der Waals surface area contributed by atoms with E-state index in [4.69, 9.17) is 11.5 Å². The highest BCUT2D eigenvalue weighted by molar-refractivity contribution is 7.21. The molecule has 4 N–H and O–H groups in total. The first-order valence-electron chi connectivity index (χ1n) is 6.14. The summed E-state index contributed by atoms with van der Waals surface area (Å²) in [7, 11) is 0. The zero-order valence-electron chi connectivity index (χ0n) is 11.1. The fourth-order valence-electron chi connectivity index (χ4n) is 1.82. The maximum absolute atomic E-state index is 10.8. The molecular weight excluding hydrogens is 304 g/mol. The summed E-state index contributed by atoms with van der Waals surface area (Å²) >= 11 is 1.22. The first kappa shape index (κ1) is 13.9. The molecule has 1 heterocycles. The number of nitro benzene ring substituents is 1. The molecule has 3 aromatic rings. The minimum absolute atomic E-state index is 0.0161. The second-order valence-corrected chi connectivity index (χ2v) is 5.43. The van der Waals surface area contributed by atoms with E-state index in [9.17, 15) is 10.1 Å². The highest BCUT2D eigenvalue weighted by Gasteiger charge is 2.10. The van der Waals surface area contributed by atoms with Crippen molar-refractivity contribution in [2.45, 2.75) is 0 Å². The number of nitro groups is 1. The van der Waals surface area contributed by atoms with Crippen LogP contribution < -0.4 is 11.5 Å². The second kappa shape index (κ2) is 5.37. The van der Waals surface area contributed by atoms with Crippen molar-refractivity contribution in [2.24, 2.45) is 10.2 Å². The average Bonchev–Trinajstić information content (AvgIpc) is 2.88. The molecule has 0 bridgehead atoms. The van der Waals surface area contributed by atoms with Crippen LogP contribution in [0.5, 0.6) is 0 Å². The third kappa shape index (κ3) is 2.69. The van der Waals surface area contributed by atoms with Gasteiger partial charge in [-0.3, -0.25) is 10.1 Å². The Morgan fingerprint density at radius 1 is 1.14 bits per heavy atom. The van der Waals surface area contributed by atoms with Crippen molar-refractivity contribution in [3.8, 4) is 0 Å². The summed E-state index contributed by atoms with van der Waals surface area (Å²) in [4.78, 5) is 14.5. The van der Waals surface area contributed by atoms with Crippen molar-refractivity contribution in [3.63, 3.8) is 0 Å². The van der Waals surface area contributed by atoms with E-state index in [0.717, 1.165) is 0 Å². The summed E-state index contributed by atoms with van der Waals surface area (Å²) in [5.41, 5.74) is 13.5. The van der Waals surface area contributed by atoms with Crippen molar-refractivity contribution in [1.82, 2.24) is 4.98 Å². The lowest BCUT2D eigenvalue weighted by Crippen LogP contribution is -1.89. The number of thiazole rings is 1. The van der Waals surface area contributed by atoms with Crippen molar-refractivity contribution in [2.75, 3.05) is 11.5 Å². The number of nitrogens with two attached hydrogens (primary N) is 2. The van der Waals surface area contributed by atoms with Gasteiger partial charge in [-0.25, -0.2) is 4.98 Å². The fourth-order valence-corrected chi connectivity index (χ4v) is 2.64. The Kier molecular flexibility index (Phi) is 3.39. The number of anilines is 2. The molecule has 0 spiro atoms. The molecule has 8 nitrogen and oxygen atoms in total. The molecule has 0 saturated carbocycles. The largest absolute Gasteiger partial charge is 0.399 e. The zero-order chi connectivity index (χ0) is 15.7. The van der Waals surface area contributed by atoms with Crippen LogP contribution >= 0.6 is 11.3 Å². The van der Waals surface area contributed by atoms with Crippen molar-refractivity contribution >= 4 is 49.4 Å². The number of hydrogen-bond donors (Lipinski definition) is 2. The molecule has 0 aliphatic heterocycles. The normalized spacial score (nSPS) is 11.3. The minimum atomic E-state index is -0.449. The number of fused-ring (bicyclic) bond motifs is 1. The molecule has 0 aliphatic carbocycles. The molecule has 0 fully saturated rings. The van der Waals surface area contributed by atoms with E-state index in [2.05, 4.69) is 15.2 Å². The molecule has 3 rings (SSSR count). The highest BCUT2D eigenvalue weighted by Crippen LogP contribution is 2.32. The van der Waals surface area contributed by atoms with Gasteiger partial charge >= 0.3 is 0 Å². The highest BCUT2D eigenvalue weighted by atomic mass is 32.1. The van der Waals surface area contributed by atoms with Gasteiger partial charge in [0.05, 0.1) is 20.8 Å². The van der Waals surface area contributed by atoms with E-state index in [-0.39, 0.29) is 5.69 Å². The predicted octanol–water partition coefficient (Wildman–Crippen LogP) is 3.78. The Balaban J connectivity index is 1.93. The quantitative estimate of drug-likeness (QED) is 0.328. The van der Waals surface area contributed by atoms with E-state index < -0.39 is 4.92 Å². The van der Waals surface area contributed by atoms with Gasteiger partial charge in [0.2, 0.25) is 5.13 Å². The Morgan fingerprint density at radius 2 is 1.95 bits per heavy atom. The smallest absolute Gasteiger partial charge is 0.270 e. The zero-order valence-corrected chi connectivity index (χ0v) is 11.9. The molecule has 0 unspecified atom stereocenters. The Morgan fingerprint density at radius 3 is 2.68 bits per heavy atom. The van der Waals surface area contributed by atoms with Gasteiger partial charge in [0.25, 0.3) is 5.69 Å². The standard InChI is InChI=1S/C13H10N6O2S/c14-7-1-3-10(9(15)5-7)17-18-13-16-11-4-2-8(19(20)21)6-12(11)22-13/h1-6H,14-15H2. The summed E-state index contributed by atoms with van der Waals surface area (Å²) in [6, 6.07) is 9.37. The van der Waals surface area contributed by atoms with Crippen molar-refractivity contribution in [3.05, 3.63) is 46.5 Å². The molecule has 0 radical (unpaired) electrons. The summed E-state index contributed by atoms with van der Waals surface area (Å²) in [5, 5.41) is 19.2. The second-order valence-electron chi connectivity index (χ2n) is 4.42. The van der Waals surface area contributed by atoms with Gasteiger partial charge in [-0.1, -0.05) is 11.3 Å². The maximum Gasteiger partial charge on any atom is 0.270 e. The van der Waals surface area contributed by atoms with Crippen molar-refractivity contribution < 1.29 is 4.92 Å². The van der Waals surface area contributed by atoms with Crippen molar-refractivity contribution in [1.29, 1.82) is 0 Å². The molecule has 110 valence electrons. The number of rotatable bonds is 3. The van der Waals surface area contributed by atoms with Crippen LogP contribution in [0, 0.1) is 10.1 Å². The molecule has 1 aromatic heterocycles. The Hall–Kier alpha value is -3.07. The van der Waals surface area contributed by atoms with Gasteiger partial charge in [-0.15, -0.1) is 10.2 Å². The van der Waals surface area contributed by atoms with Crippen LogP contribution in [0.3, 0.4) is 0 Å². The number of nitrogen functional groups attached to an aromatic ring is 2. The topological polar surface area (TPSA) is 133 Å². The SMILES string of the molecule is Nc1ccc(N=Nc2nc3ccc([N+](=O)[O-])cc3s2)c(N)c1. The van der Waals surface area contributed by atoms with Crippen LogP contribution in [0.4, 0.5) is 27.9 Å². The van der Waals surface area contributed by atoms with E-state index in [1.165, 1.54) is 23.5 Å². The van der Waals surface area contributed by atoms with Gasteiger partial charge in [0.15, 0.2) is 0 Å². The number of hydrogen-bond acceptors (Lipinski definition) is 8.